The minimum Gasteiger partial charge on any atom is -0.496 e. The van der Waals surface area contributed by atoms with Crippen LogP contribution in [0, 0.1) is 0 Å². The van der Waals surface area contributed by atoms with Crippen LogP contribution in [0.4, 0.5) is 0 Å². The van der Waals surface area contributed by atoms with E-state index in [-0.39, 0.29) is 17.9 Å². The molecule has 0 unspecified atom stereocenters. The van der Waals surface area contributed by atoms with E-state index in [2.05, 4.69) is 17.0 Å². The van der Waals surface area contributed by atoms with Crippen LogP contribution >= 0.6 is 0 Å². The highest BCUT2D eigenvalue weighted by atomic mass is 16.5. The second-order valence-electron chi connectivity index (χ2n) is 8.27. The number of hydrogen-bond acceptors (Lipinski definition) is 5. The molecule has 4 rings (SSSR count). The lowest BCUT2D eigenvalue weighted by atomic mass is 10.1. The topological polar surface area (TPSA) is 62.3 Å². The van der Waals surface area contributed by atoms with E-state index in [9.17, 15) is 9.59 Å². The number of likely N-dealkylation sites (tertiary alicyclic amines) is 1. The summed E-state index contributed by atoms with van der Waals surface area (Å²) < 4.78 is 10.8. The summed E-state index contributed by atoms with van der Waals surface area (Å²) in [6.45, 7) is 4.13. The zero-order chi connectivity index (χ0) is 22.5. The van der Waals surface area contributed by atoms with Gasteiger partial charge in [0.2, 0.25) is 5.91 Å². The Morgan fingerprint density at radius 3 is 2.31 bits per heavy atom. The van der Waals surface area contributed by atoms with Crippen molar-refractivity contribution in [3.05, 3.63) is 59.7 Å². The Bertz CT molecular complexity index is 927. The molecule has 170 valence electrons. The van der Waals surface area contributed by atoms with Gasteiger partial charge in [0.05, 0.1) is 20.3 Å². The molecule has 2 heterocycles. The molecule has 0 bridgehead atoms. The van der Waals surface area contributed by atoms with E-state index in [4.69, 9.17) is 9.47 Å². The van der Waals surface area contributed by atoms with Crippen molar-refractivity contribution in [3.8, 4) is 11.5 Å². The maximum atomic E-state index is 13.3. The van der Waals surface area contributed by atoms with Crippen molar-refractivity contribution in [2.45, 2.75) is 25.4 Å². The zero-order valence-corrected chi connectivity index (χ0v) is 18.8. The lowest BCUT2D eigenvalue weighted by Gasteiger charge is -2.27. The van der Waals surface area contributed by atoms with Gasteiger partial charge in [0.15, 0.2) is 0 Å². The van der Waals surface area contributed by atoms with E-state index < -0.39 is 0 Å². The monoisotopic (exact) mass is 437 g/mol. The van der Waals surface area contributed by atoms with Gasteiger partial charge in [-0.25, -0.2) is 0 Å². The molecule has 2 fully saturated rings. The van der Waals surface area contributed by atoms with Crippen LogP contribution in [0.3, 0.4) is 0 Å². The number of rotatable bonds is 6. The zero-order valence-electron chi connectivity index (χ0n) is 18.8. The quantitative estimate of drug-likeness (QED) is 0.695. The minimum atomic E-state index is -0.102. The lowest BCUT2D eigenvalue weighted by molar-refractivity contribution is -0.132. The molecule has 0 spiro atoms. The van der Waals surface area contributed by atoms with Crippen LogP contribution in [0.25, 0.3) is 0 Å². The van der Waals surface area contributed by atoms with Gasteiger partial charge in [-0.15, -0.1) is 0 Å². The summed E-state index contributed by atoms with van der Waals surface area (Å²) in [5, 5.41) is 0. The van der Waals surface area contributed by atoms with Gasteiger partial charge >= 0.3 is 0 Å². The summed E-state index contributed by atoms with van der Waals surface area (Å²) in [5.41, 5.74) is 1.61. The Kier molecular flexibility index (Phi) is 6.95. The maximum absolute atomic E-state index is 13.3. The molecule has 7 nitrogen and oxygen atoms in total. The van der Waals surface area contributed by atoms with E-state index in [0.29, 0.717) is 43.2 Å². The Balaban J connectivity index is 1.41. The van der Waals surface area contributed by atoms with Crippen molar-refractivity contribution in [1.82, 2.24) is 14.7 Å². The van der Waals surface area contributed by atoms with Crippen LogP contribution in [-0.2, 0) is 11.3 Å². The molecule has 32 heavy (non-hydrogen) atoms. The molecule has 0 radical (unpaired) electrons. The number of hydrogen-bond donors (Lipinski definition) is 0. The fraction of sp³-hybridized carbons (Fsp3) is 0.440. The molecule has 1 atom stereocenters. The van der Waals surface area contributed by atoms with Crippen molar-refractivity contribution in [1.29, 1.82) is 0 Å². The first kappa shape index (κ1) is 22.1. The summed E-state index contributed by atoms with van der Waals surface area (Å²) >= 11 is 0. The van der Waals surface area contributed by atoms with Crippen molar-refractivity contribution in [2.75, 3.05) is 46.9 Å². The van der Waals surface area contributed by atoms with E-state index in [1.54, 1.807) is 26.4 Å². The number of nitrogens with zero attached hydrogens (tertiary/aromatic N) is 3. The molecule has 2 aromatic carbocycles. The molecule has 7 heteroatoms. The van der Waals surface area contributed by atoms with Crippen LogP contribution in [0.1, 0.15) is 28.8 Å². The number of benzene rings is 2. The molecule has 2 aromatic rings. The highest BCUT2D eigenvalue weighted by Crippen LogP contribution is 2.30. The smallest absolute Gasteiger partial charge is 0.261 e. The van der Waals surface area contributed by atoms with E-state index in [1.807, 2.05) is 34.1 Å². The van der Waals surface area contributed by atoms with Crippen LogP contribution in [0.5, 0.6) is 11.5 Å². The fourth-order valence-corrected chi connectivity index (χ4v) is 4.69. The van der Waals surface area contributed by atoms with E-state index in [1.165, 1.54) is 0 Å². The van der Waals surface area contributed by atoms with Crippen molar-refractivity contribution in [3.63, 3.8) is 0 Å². The summed E-state index contributed by atoms with van der Waals surface area (Å²) in [7, 11) is 3.12. The third-order valence-electron chi connectivity index (χ3n) is 6.39. The first-order valence-corrected chi connectivity index (χ1v) is 11.2. The van der Waals surface area contributed by atoms with Gasteiger partial charge < -0.3 is 19.3 Å². The first-order valence-electron chi connectivity index (χ1n) is 11.2. The number of methoxy groups -OCH3 is 2. The third-order valence-corrected chi connectivity index (χ3v) is 6.39. The van der Waals surface area contributed by atoms with Crippen LogP contribution in [0.15, 0.2) is 48.5 Å². The van der Waals surface area contributed by atoms with Gasteiger partial charge in [-0.05, 0) is 30.5 Å². The Morgan fingerprint density at radius 2 is 1.62 bits per heavy atom. The van der Waals surface area contributed by atoms with Crippen molar-refractivity contribution >= 4 is 11.8 Å². The van der Waals surface area contributed by atoms with Crippen LogP contribution in [-0.4, -0.2) is 79.5 Å². The van der Waals surface area contributed by atoms with E-state index in [0.717, 1.165) is 31.5 Å². The van der Waals surface area contributed by atoms with Gasteiger partial charge in [0.1, 0.15) is 17.1 Å². The molecule has 2 aliphatic heterocycles. The third kappa shape index (κ3) is 4.58. The number of carbonyl (C=O) groups is 2. The van der Waals surface area contributed by atoms with E-state index >= 15 is 0 Å². The predicted octanol–water partition coefficient (Wildman–Crippen LogP) is 2.65. The maximum Gasteiger partial charge on any atom is 0.261 e. The molecular formula is C25H31N3O4. The molecule has 2 saturated heterocycles. The lowest BCUT2D eigenvalue weighted by Crippen LogP contribution is -2.44. The van der Waals surface area contributed by atoms with Crippen LogP contribution < -0.4 is 9.47 Å². The van der Waals surface area contributed by atoms with Crippen molar-refractivity contribution in [2.24, 2.45) is 0 Å². The summed E-state index contributed by atoms with van der Waals surface area (Å²) in [6.07, 6.45) is 1.66. The Hall–Kier alpha value is -3.06. The van der Waals surface area contributed by atoms with Gasteiger partial charge in [-0.3, -0.25) is 14.5 Å². The summed E-state index contributed by atoms with van der Waals surface area (Å²) in [5.74, 6) is 1.13. The van der Waals surface area contributed by atoms with Gasteiger partial charge in [-0.1, -0.05) is 36.4 Å². The highest BCUT2D eigenvalue weighted by molar-refractivity contribution is 5.99. The average molecular weight is 438 g/mol. The molecular weight excluding hydrogens is 406 g/mol. The SMILES string of the molecule is COc1cccc(OC)c1C(=O)N1CCCN([C@H]2CCN(Cc3ccccc3)C2=O)CC1. The molecule has 2 amide bonds. The number of carbonyl (C=O) groups excluding carboxylic acids is 2. The first-order chi connectivity index (χ1) is 15.6. The highest BCUT2D eigenvalue weighted by Gasteiger charge is 2.37. The second kappa shape index (κ2) is 10.0. The van der Waals surface area contributed by atoms with Crippen LogP contribution in [0.2, 0.25) is 0 Å². The number of amides is 2. The number of ether oxygens (including phenoxy) is 2. The van der Waals surface area contributed by atoms with Gasteiger partial charge in [0.25, 0.3) is 5.91 Å². The minimum absolute atomic E-state index is 0.0930. The predicted molar refractivity (Wildman–Crippen MR) is 122 cm³/mol. The van der Waals surface area contributed by atoms with Gasteiger partial charge in [-0.2, -0.15) is 0 Å². The summed E-state index contributed by atoms with van der Waals surface area (Å²) in [6, 6.07) is 15.4. The molecule has 2 aliphatic rings. The average Bonchev–Trinajstić information content (AvgIpc) is 3.03. The fourth-order valence-electron chi connectivity index (χ4n) is 4.69. The molecule has 0 saturated carbocycles. The molecule has 0 aromatic heterocycles. The Labute approximate surface area is 189 Å². The normalized spacial score (nSPS) is 19.7. The standard InChI is InChI=1S/C25H31N3O4/c1-31-21-10-6-11-22(32-2)23(21)25(30)27-14-7-13-26(16-17-27)20-12-15-28(24(20)29)18-19-8-4-3-5-9-19/h3-6,8-11,20H,7,12-18H2,1-2H3/t20-/m0/s1. The van der Waals surface area contributed by atoms with Crippen molar-refractivity contribution < 1.29 is 19.1 Å². The Morgan fingerprint density at radius 1 is 0.906 bits per heavy atom. The molecule has 0 aliphatic carbocycles. The molecule has 0 N–H and O–H groups in total. The largest absolute Gasteiger partial charge is 0.496 e. The second-order valence-corrected chi connectivity index (χ2v) is 8.27. The summed E-state index contributed by atoms with van der Waals surface area (Å²) in [4.78, 5) is 32.5. The van der Waals surface area contributed by atoms with Gasteiger partial charge in [0, 0.05) is 39.3 Å².